The Balaban J connectivity index is 2.13. The van der Waals surface area contributed by atoms with E-state index in [9.17, 15) is 18.0 Å². The van der Waals surface area contributed by atoms with Crippen LogP contribution in [0.15, 0.2) is 71.6 Å². The zero-order chi connectivity index (χ0) is 28.7. The van der Waals surface area contributed by atoms with E-state index in [2.05, 4.69) is 5.32 Å². The predicted octanol–water partition coefficient (Wildman–Crippen LogP) is 6.44. The number of rotatable bonds is 11. The van der Waals surface area contributed by atoms with Crippen molar-refractivity contribution in [2.45, 2.75) is 37.8 Å². The molecule has 0 unspecified atom stereocenters. The van der Waals surface area contributed by atoms with Gasteiger partial charge in [-0.05, 0) is 49.7 Å². The minimum Gasteiger partial charge on any atom is -0.355 e. The van der Waals surface area contributed by atoms with Crippen LogP contribution in [0.1, 0.15) is 25.8 Å². The van der Waals surface area contributed by atoms with Crippen LogP contribution < -0.4 is 9.62 Å². The minimum absolute atomic E-state index is 0.0168. The number of amides is 2. The Hall–Kier alpha value is -2.49. The van der Waals surface area contributed by atoms with Gasteiger partial charge in [0, 0.05) is 28.7 Å². The standard InChI is InChI=1S/C27H27Cl4N3O4S/c1-3-23(27(36)32-4-2)33(16-19-20(28)12-8-13-21(19)29)25(35)17-34(24-15-9-14-22(30)26(24)31)39(37,38)18-10-6-5-7-11-18/h5-15,23H,3-4,16-17H2,1-2H3,(H,32,36)/t23-/m0/s1. The first-order valence-corrected chi connectivity index (χ1v) is 15.0. The SMILES string of the molecule is CCNC(=O)[C@H](CC)N(Cc1c(Cl)cccc1Cl)C(=O)CN(c1cccc(Cl)c1Cl)S(=O)(=O)c1ccccc1. The van der Waals surface area contributed by atoms with E-state index >= 15 is 0 Å². The molecule has 3 aromatic carbocycles. The van der Waals surface area contributed by atoms with E-state index < -0.39 is 34.4 Å². The molecule has 12 heteroatoms. The summed E-state index contributed by atoms with van der Waals surface area (Å²) in [5.41, 5.74) is 0.443. The third-order valence-electron chi connectivity index (χ3n) is 5.94. The number of halogens is 4. The van der Waals surface area contributed by atoms with Gasteiger partial charge in [0.25, 0.3) is 10.0 Å². The highest BCUT2D eigenvalue weighted by atomic mass is 35.5. The molecule has 39 heavy (non-hydrogen) atoms. The lowest BCUT2D eigenvalue weighted by molar-refractivity contribution is -0.140. The lowest BCUT2D eigenvalue weighted by Gasteiger charge is -2.33. The van der Waals surface area contributed by atoms with Gasteiger partial charge in [0.2, 0.25) is 11.8 Å². The second-order valence-corrected chi connectivity index (χ2v) is 11.9. The summed E-state index contributed by atoms with van der Waals surface area (Å²) in [6.07, 6.45) is 0.253. The molecule has 0 saturated carbocycles. The van der Waals surface area contributed by atoms with E-state index in [-0.39, 0.29) is 33.6 Å². The lowest BCUT2D eigenvalue weighted by atomic mass is 10.1. The first-order chi connectivity index (χ1) is 18.5. The van der Waals surface area contributed by atoms with Crippen LogP contribution in [0, 0.1) is 0 Å². The number of carbonyl (C=O) groups excluding carboxylic acids is 2. The average molecular weight is 631 g/mol. The average Bonchev–Trinajstić information content (AvgIpc) is 2.91. The lowest BCUT2D eigenvalue weighted by Crippen LogP contribution is -2.52. The van der Waals surface area contributed by atoms with Crippen LogP contribution in [0.3, 0.4) is 0 Å². The first-order valence-electron chi connectivity index (χ1n) is 12.0. The van der Waals surface area contributed by atoms with E-state index in [1.807, 2.05) is 0 Å². The maximum absolute atomic E-state index is 14.0. The van der Waals surface area contributed by atoms with Crippen molar-refractivity contribution in [3.05, 3.63) is 92.4 Å². The summed E-state index contributed by atoms with van der Waals surface area (Å²) in [5, 5.41) is 3.42. The van der Waals surface area contributed by atoms with Crippen LogP contribution in [0.2, 0.25) is 20.1 Å². The molecule has 208 valence electrons. The summed E-state index contributed by atoms with van der Waals surface area (Å²) >= 11 is 25.4. The van der Waals surface area contributed by atoms with E-state index in [1.165, 1.54) is 35.2 Å². The fourth-order valence-corrected chi connectivity index (χ4v) is 6.40. The number of nitrogens with zero attached hydrogens (tertiary/aromatic N) is 2. The van der Waals surface area contributed by atoms with E-state index in [1.54, 1.807) is 50.2 Å². The Kier molecular flexibility index (Phi) is 10.9. The van der Waals surface area contributed by atoms with Crippen LogP contribution in [0.4, 0.5) is 5.69 Å². The summed E-state index contributed by atoms with van der Waals surface area (Å²) in [5.74, 6) is -1.06. The van der Waals surface area contributed by atoms with E-state index in [4.69, 9.17) is 46.4 Å². The Morgan fingerprint density at radius 3 is 2.03 bits per heavy atom. The number of hydrogen-bond acceptors (Lipinski definition) is 4. The molecular formula is C27H27Cl4N3O4S. The third-order valence-corrected chi connectivity index (χ3v) is 9.23. The summed E-state index contributed by atoms with van der Waals surface area (Å²) in [6.45, 7) is 3.05. The molecule has 0 heterocycles. The highest BCUT2D eigenvalue weighted by molar-refractivity contribution is 7.92. The van der Waals surface area contributed by atoms with Gasteiger partial charge in [0.05, 0.1) is 20.6 Å². The van der Waals surface area contributed by atoms with Crippen molar-refractivity contribution in [1.29, 1.82) is 0 Å². The van der Waals surface area contributed by atoms with Crippen LogP contribution in [-0.4, -0.2) is 44.3 Å². The zero-order valence-electron chi connectivity index (χ0n) is 21.2. The van der Waals surface area contributed by atoms with Crippen molar-refractivity contribution in [1.82, 2.24) is 10.2 Å². The molecule has 2 amide bonds. The summed E-state index contributed by atoms with van der Waals surface area (Å²) in [6, 6.07) is 16.1. The number of benzene rings is 3. The quantitative estimate of drug-likeness (QED) is 0.264. The number of nitrogens with one attached hydrogen (secondary N) is 1. The second kappa shape index (κ2) is 13.7. The van der Waals surface area contributed by atoms with Crippen LogP contribution in [-0.2, 0) is 26.2 Å². The van der Waals surface area contributed by atoms with Crippen molar-refractivity contribution in [2.75, 3.05) is 17.4 Å². The number of sulfonamides is 1. The Labute approximate surface area is 248 Å². The van der Waals surface area contributed by atoms with Gasteiger partial charge in [-0.1, -0.05) is 83.7 Å². The smallest absolute Gasteiger partial charge is 0.264 e. The molecule has 3 rings (SSSR count). The van der Waals surface area contributed by atoms with Crippen molar-refractivity contribution in [3.63, 3.8) is 0 Å². The Morgan fingerprint density at radius 2 is 1.44 bits per heavy atom. The number of likely N-dealkylation sites (N-methyl/N-ethyl adjacent to an activating group) is 1. The first kappa shape index (κ1) is 31.0. The Morgan fingerprint density at radius 1 is 0.846 bits per heavy atom. The minimum atomic E-state index is -4.28. The van der Waals surface area contributed by atoms with Gasteiger partial charge in [0.15, 0.2) is 0 Å². The van der Waals surface area contributed by atoms with Crippen molar-refractivity contribution in [3.8, 4) is 0 Å². The van der Waals surface area contributed by atoms with Crippen LogP contribution in [0.25, 0.3) is 0 Å². The van der Waals surface area contributed by atoms with Crippen molar-refractivity contribution in [2.24, 2.45) is 0 Å². The highest BCUT2D eigenvalue weighted by Crippen LogP contribution is 2.36. The summed E-state index contributed by atoms with van der Waals surface area (Å²) in [4.78, 5) is 28.3. The Bertz CT molecular complexity index is 1420. The topological polar surface area (TPSA) is 86.8 Å². The van der Waals surface area contributed by atoms with Gasteiger partial charge >= 0.3 is 0 Å². The normalized spacial score (nSPS) is 12.1. The van der Waals surface area contributed by atoms with Gasteiger partial charge < -0.3 is 10.2 Å². The molecule has 0 aliphatic carbocycles. The van der Waals surface area contributed by atoms with Gasteiger partial charge in [0.1, 0.15) is 12.6 Å². The second-order valence-electron chi connectivity index (χ2n) is 8.44. The van der Waals surface area contributed by atoms with Gasteiger partial charge in [-0.25, -0.2) is 8.42 Å². The van der Waals surface area contributed by atoms with Crippen LogP contribution in [0.5, 0.6) is 0 Å². The summed E-state index contributed by atoms with van der Waals surface area (Å²) in [7, 11) is -4.28. The van der Waals surface area contributed by atoms with Gasteiger partial charge in [-0.2, -0.15) is 0 Å². The van der Waals surface area contributed by atoms with Gasteiger partial charge in [-0.3, -0.25) is 13.9 Å². The van der Waals surface area contributed by atoms with E-state index in [0.29, 0.717) is 22.2 Å². The molecular weight excluding hydrogens is 604 g/mol. The van der Waals surface area contributed by atoms with E-state index in [0.717, 1.165) is 4.31 Å². The molecule has 0 spiro atoms. The monoisotopic (exact) mass is 629 g/mol. The number of carbonyl (C=O) groups is 2. The maximum Gasteiger partial charge on any atom is 0.264 e. The molecule has 0 aliphatic rings. The van der Waals surface area contributed by atoms with Crippen molar-refractivity contribution < 1.29 is 18.0 Å². The number of anilines is 1. The molecule has 0 saturated heterocycles. The third kappa shape index (κ3) is 7.18. The summed E-state index contributed by atoms with van der Waals surface area (Å²) < 4.78 is 28.6. The molecule has 0 fully saturated rings. The molecule has 7 nitrogen and oxygen atoms in total. The number of hydrogen-bond donors (Lipinski definition) is 1. The molecule has 1 atom stereocenters. The zero-order valence-corrected chi connectivity index (χ0v) is 25.0. The van der Waals surface area contributed by atoms with Gasteiger partial charge in [-0.15, -0.1) is 0 Å². The fourth-order valence-electron chi connectivity index (χ4n) is 3.98. The molecule has 0 bridgehead atoms. The largest absolute Gasteiger partial charge is 0.355 e. The molecule has 1 N–H and O–H groups in total. The molecule has 0 radical (unpaired) electrons. The maximum atomic E-state index is 14.0. The molecule has 3 aromatic rings. The van der Waals surface area contributed by atoms with Crippen molar-refractivity contribution >= 4 is 73.9 Å². The fraction of sp³-hybridized carbons (Fsp3) is 0.259. The predicted molar refractivity (Wildman–Crippen MR) is 157 cm³/mol. The highest BCUT2D eigenvalue weighted by Gasteiger charge is 2.35. The molecule has 0 aromatic heterocycles. The van der Waals surface area contributed by atoms with Crippen LogP contribution >= 0.6 is 46.4 Å². The molecule has 0 aliphatic heterocycles.